The largest absolute Gasteiger partial charge is 0.472 e. The van der Waals surface area contributed by atoms with Gasteiger partial charge in [-0.2, -0.15) is 0 Å². The van der Waals surface area contributed by atoms with E-state index in [1.54, 1.807) is 18.6 Å². The highest BCUT2D eigenvalue weighted by Gasteiger charge is 2.23. The molecule has 0 spiro atoms. The van der Waals surface area contributed by atoms with Crippen molar-refractivity contribution in [1.82, 2.24) is 15.0 Å². The van der Waals surface area contributed by atoms with E-state index in [9.17, 15) is 0 Å². The van der Waals surface area contributed by atoms with Crippen molar-refractivity contribution in [3.63, 3.8) is 0 Å². The van der Waals surface area contributed by atoms with Crippen LogP contribution in [0.5, 0.6) is 5.88 Å². The summed E-state index contributed by atoms with van der Waals surface area (Å²) < 4.78 is 5.77. The van der Waals surface area contributed by atoms with Gasteiger partial charge in [-0.15, -0.1) is 0 Å². The standard InChI is InChI=1S/C16H20ClN5O/c1-12(2)23-16-15(19-6-7-20-16)22-10-8-21(9-11-22)14-13(17)4-3-5-18-14/h3-7,12H,8-11H2,1-2H3. The molecule has 1 fully saturated rings. The fourth-order valence-electron chi connectivity index (χ4n) is 2.58. The van der Waals surface area contributed by atoms with E-state index >= 15 is 0 Å². The number of hydrogen-bond acceptors (Lipinski definition) is 6. The number of pyridine rings is 1. The maximum absolute atomic E-state index is 6.23. The van der Waals surface area contributed by atoms with E-state index in [1.165, 1.54) is 0 Å². The van der Waals surface area contributed by atoms with Gasteiger partial charge in [0.05, 0.1) is 11.1 Å². The Bertz CT molecular complexity index is 658. The number of nitrogens with zero attached hydrogens (tertiary/aromatic N) is 5. The molecule has 0 aliphatic carbocycles. The maximum Gasteiger partial charge on any atom is 0.257 e. The second-order valence-corrected chi connectivity index (χ2v) is 6.04. The molecule has 2 aromatic heterocycles. The Hall–Kier alpha value is -2.08. The highest BCUT2D eigenvalue weighted by Crippen LogP contribution is 2.27. The van der Waals surface area contributed by atoms with Crippen LogP contribution in [0.3, 0.4) is 0 Å². The molecule has 0 radical (unpaired) electrons. The molecule has 0 bridgehead atoms. The van der Waals surface area contributed by atoms with Gasteiger partial charge >= 0.3 is 0 Å². The van der Waals surface area contributed by atoms with Crippen LogP contribution in [0.15, 0.2) is 30.7 Å². The summed E-state index contributed by atoms with van der Waals surface area (Å²) in [6, 6.07) is 3.71. The zero-order valence-electron chi connectivity index (χ0n) is 13.3. The Kier molecular flexibility index (Phi) is 4.81. The Morgan fingerprint density at radius 2 is 1.57 bits per heavy atom. The molecule has 0 N–H and O–H groups in total. The molecule has 122 valence electrons. The first-order valence-corrected chi connectivity index (χ1v) is 8.11. The number of rotatable bonds is 4. The summed E-state index contributed by atoms with van der Waals surface area (Å²) in [5, 5.41) is 0.685. The first-order valence-electron chi connectivity index (χ1n) is 7.73. The average molecular weight is 334 g/mol. The smallest absolute Gasteiger partial charge is 0.257 e. The summed E-state index contributed by atoms with van der Waals surface area (Å²) >= 11 is 6.23. The van der Waals surface area contributed by atoms with E-state index in [1.807, 2.05) is 26.0 Å². The number of piperazine rings is 1. The molecule has 0 saturated carbocycles. The van der Waals surface area contributed by atoms with Crippen LogP contribution >= 0.6 is 11.6 Å². The van der Waals surface area contributed by atoms with Crippen LogP contribution < -0.4 is 14.5 Å². The maximum atomic E-state index is 6.23. The molecule has 3 heterocycles. The number of hydrogen-bond donors (Lipinski definition) is 0. The second-order valence-electron chi connectivity index (χ2n) is 5.63. The lowest BCUT2D eigenvalue weighted by Crippen LogP contribution is -2.47. The molecular weight excluding hydrogens is 314 g/mol. The lowest BCUT2D eigenvalue weighted by atomic mass is 10.3. The normalized spacial score (nSPS) is 15.1. The van der Waals surface area contributed by atoms with E-state index in [4.69, 9.17) is 16.3 Å². The van der Waals surface area contributed by atoms with E-state index in [0.717, 1.165) is 37.8 Å². The minimum atomic E-state index is 0.0686. The van der Waals surface area contributed by atoms with Gasteiger partial charge in [0.2, 0.25) is 0 Å². The zero-order chi connectivity index (χ0) is 16.2. The van der Waals surface area contributed by atoms with Crippen LogP contribution in [0.1, 0.15) is 13.8 Å². The van der Waals surface area contributed by atoms with Gasteiger partial charge in [0.15, 0.2) is 5.82 Å². The Balaban J connectivity index is 1.71. The van der Waals surface area contributed by atoms with Crippen molar-refractivity contribution in [2.24, 2.45) is 0 Å². The fourth-order valence-corrected chi connectivity index (χ4v) is 2.82. The van der Waals surface area contributed by atoms with Crippen LogP contribution in [0.2, 0.25) is 5.02 Å². The predicted octanol–water partition coefficient (Wildman–Crippen LogP) is 2.64. The number of halogens is 1. The molecule has 1 aliphatic heterocycles. The molecular formula is C16H20ClN5O. The Morgan fingerprint density at radius 3 is 2.22 bits per heavy atom. The van der Waals surface area contributed by atoms with E-state index < -0.39 is 0 Å². The molecule has 3 rings (SSSR count). The third-order valence-electron chi connectivity index (χ3n) is 3.61. The molecule has 0 unspecified atom stereocenters. The lowest BCUT2D eigenvalue weighted by molar-refractivity contribution is 0.232. The number of ether oxygens (including phenoxy) is 1. The monoisotopic (exact) mass is 333 g/mol. The van der Waals surface area contributed by atoms with Crippen molar-refractivity contribution in [2.75, 3.05) is 36.0 Å². The fraction of sp³-hybridized carbons (Fsp3) is 0.438. The molecule has 2 aromatic rings. The third kappa shape index (κ3) is 3.64. The molecule has 1 saturated heterocycles. The van der Waals surface area contributed by atoms with Gasteiger partial charge in [-0.05, 0) is 26.0 Å². The van der Waals surface area contributed by atoms with E-state index in [2.05, 4.69) is 24.8 Å². The molecule has 7 heteroatoms. The van der Waals surface area contributed by atoms with Gasteiger partial charge in [0, 0.05) is 44.8 Å². The summed E-state index contributed by atoms with van der Waals surface area (Å²) in [5.74, 6) is 2.23. The minimum absolute atomic E-state index is 0.0686. The van der Waals surface area contributed by atoms with Crippen LogP contribution in [0, 0.1) is 0 Å². The number of aromatic nitrogens is 3. The molecule has 1 aliphatic rings. The van der Waals surface area contributed by atoms with Crippen LogP contribution in [0.25, 0.3) is 0 Å². The van der Waals surface area contributed by atoms with Crippen molar-refractivity contribution in [3.8, 4) is 5.88 Å². The molecule has 0 amide bonds. The average Bonchev–Trinajstić information content (AvgIpc) is 2.56. The van der Waals surface area contributed by atoms with E-state index in [-0.39, 0.29) is 6.10 Å². The van der Waals surface area contributed by atoms with Crippen LogP contribution in [-0.2, 0) is 0 Å². The van der Waals surface area contributed by atoms with Crippen molar-refractivity contribution in [1.29, 1.82) is 0 Å². The van der Waals surface area contributed by atoms with Gasteiger partial charge in [-0.25, -0.2) is 15.0 Å². The van der Waals surface area contributed by atoms with Gasteiger partial charge < -0.3 is 14.5 Å². The van der Waals surface area contributed by atoms with Crippen molar-refractivity contribution < 1.29 is 4.74 Å². The number of anilines is 2. The van der Waals surface area contributed by atoms with Crippen LogP contribution in [-0.4, -0.2) is 47.2 Å². The van der Waals surface area contributed by atoms with Gasteiger partial charge in [0.1, 0.15) is 5.82 Å². The van der Waals surface area contributed by atoms with Gasteiger partial charge in [-0.1, -0.05) is 11.6 Å². The first-order chi connectivity index (χ1) is 11.1. The van der Waals surface area contributed by atoms with Crippen molar-refractivity contribution in [3.05, 3.63) is 35.7 Å². The quantitative estimate of drug-likeness (QED) is 0.857. The topological polar surface area (TPSA) is 54.4 Å². The highest BCUT2D eigenvalue weighted by molar-refractivity contribution is 6.32. The predicted molar refractivity (Wildman–Crippen MR) is 91.5 cm³/mol. The molecule has 0 aromatic carbocycles. The van der Waals surface area contributed by atoms with Crippen LogP contribution in [0.4, 0.5) is 11.6 Å². The van der Waals surface area contributed by atoms with Gasteiger partial charge in [0.25, 0.3) is 5.88 Å². The van der Waals surface area contributed by atoms with Crippen molar-refractivity contribution in [2.45, 2.75) is 20.0 Å². The third-order valence-corrected chi connectivity index (χ3v) is 3.91. The summed E-state index contributed by atoms with van der Waals surface area (Å²) in [6.07, 6.45) is 5.19. The molecule has 0 atom stereocenters. The Morgan fingerprint density at radius 1 is 0.957 bits per heavy atom. The SMILES string of the molecule is CC(C)Oc1nccnc1N1CCN(c2ncccc2Cl)CC1. The highest BCUT2D eigenvalue weighted by atomic mass is 35.5. The lowest BCUT2D eigenvalue weighted by Gasteiger charge is -2.36. The summed E-state index contributed by atoms with van der Waals surface area (Å²) in [4.78, 5) is 17.5. The van der Waals surface area contributed by atoms with E-state index in [0.29, 0.717) is 10.9 Å². The van der Waals surface area contributed by atoms with Gasteiger partial charge in [-0.3, -0.25) is 0 Å². The zero-order valence-corrected chi connectivity index (χ0v) is 14.1. The first kappa shape index (κ1) is 15.8. The van der Waals surface area contributed by atoms with Crippen molar-refractivity contribution >= 4 is 23.2 Å². The Labute approximate surface area is 141 Å². The molecule has 23 heavy (non-hydrogen) atoms. The summed E-state index contributed by atoms with van der Waals surface area (Å²) in [6.45, 7) is 7.27. The second kappa shape index (κ2) is 7.00. The summed E-state index contributed by atoms with van der Waals surface area (Å²) in [7, 11) is 0. The minimum Gasteiger partial charge on any atom is -0.472 e. The molecule has 6 nitrogen and oxygen atoms in total. The summed E-state index contributed by atoms with van der Waals surface area (Å²) in [5.41, 5.74) is 0.